The number of hydrogen-bond acceptors (Lipinski definition) is 5. The second-order valence-electron chi connectivity index (χ2n) is 7.66. The summed E-state index contributed by atoms with van der Waals surface area (Å²) in [6.45, 7) is 10.2. The molecule has 0 aromatic heterocycles. The van der Waals surface area contributed by atoms with Gasteiger partial charge in [0.25, 0.3) is 0 Å². The van der Waals surface area contributed by atoms with E-state index in [-0.39, 0.29) is 12.5 Å². The van der Waals surface area contributed by atoms with Crippen molar-refractivity contribution in [2.24, 2.45) is 0 Å². The average molecular weight is 327 g/mol. The topological polar surface area (TPSA) is 82.1 Å². The number of rotatable bonds is 6. The molecule has 23 heavy (non-hydrogen) atoms. The molecular weight excluding hydrogens is 298 g/mol. The van der Waals surface area contributed by atoms with Crippen LogP contribution in [0.2, 0.25) is 0 Å². The van der Waals surface area contributed by atoms with Crippen LogP contribution in [0.3, 0.4) is 0 Å². The first kappa shape index (κ1) is 18.0. The molecule has 0 radical (unpaired) electrons. The van der Waals surface area contributed by atoms with Crippen LogP contribution in [0.4, 0.5) is 4.79 Å². The molecule has 2 rings (SSSR count). The minimum absolute atomic E-state index is 0.0201. The maximum atomic E-state index is 12.0. The number of likely N-dealkylation sites (tertiary alicyclic amines) is 2. The van der Waals surface area contributed by atoms with E-state index >= 15 is 0 Å². The molecule has 0 aromatic rings. The van der Waals surface area contributed by atoms with Gasteiger partial charge < -0.3 is 25.0 Å². The van der Waals surface area contributed by atoms with E-state index in [9.17, 15) is 9.59 Å². The van der Waals surface area contributed by atoms with E-state index in [0.29, 0.717) is 13.1 Å². The molecule has 2 heterocycles. The van der Waals surface area contributed by atoms with E-state index in [1.807, 2.05) is 20.8 Å². The first-order valence-electron chi connectivity index (χ1n) is 8.36. The van der Waals surface area contributed by atoms with Crippen LogP contribution in [0, 0.1) is 0 Å². The molecular formula is C16H29N3O4. The zero-order valence-corrected chi connectivity index (χ0v) is 14.4. The maximum Gasteiger partial charge on any atom is 0.410 e. The number of carboxylic acid groups (broad SMARTS) is 1. The lowest BCUT2D eigenvalue weighted by atomic mass is 9.86. The molecule has 2 fully saturated rings. The molecule has 2 aliphatic rings. The summed E-state index contributed by atoms with van der Waals surface area (Å²) < 4.78 is 5.33. The van der Waals surface area contributed by atoms with Crippen LogP contribution in [0.15, 0.2) is 0 Å². The average Bonchev–Trinajstić information content (AvgIpc) is 2.85. The molecule has 0 aromatic carbocycles. The lowest BCUT2D eigenvalue weighted by molar-refractivity contribution is -0.141. The molecule has 2 saturated heterocycles. The van der Waals surface area contributed by atoms with Gasteiger partial charge in [0, 0.05) is 26.2 Å². The van der Waals surface area contributed by atoms with Crippen LogP contribution >= 0.6 is 0 Å². The zero-order valence-electron chi connectivity index (χ0n) is 14.4. The second kappa shape index (κ2) is 7.05. The molecule has 2 aliphatic heterocycles. The van der Waals surface area contributed by atoms with Crippen molar-refractivity contribution in [3.05, 3.63) is 0 Å². The van der Waals surface area contributed by atoms with Crippen LogP contribution in [0.25, 0.3) is 0 Å². The van der Waals surface area contributed by atoms with Gasteiger partial charge in [-0.05, 0) is 46.7 Å². The highest BCUT2D eigenvalue weighted by molar-refractivity contribution is 5.73. The summed E-state index contributed by atoms with van der Waals surface area (Å²) in [6.07, 6.45) is 2.13. The van der Waals surface area contributed by atoms with E-state index in [2.05, 4.69) is 10.2 Å². The quantitative estimate of drug-likeness (QED) is 0.761. The van der Waals surface area contributed by atoms with Gasteiger partial charge in [0.1, 0.15) is 5.60 Å². The monoisotopic (exact) mass is 327 g/mol. The second-order valence-corrected chi connectivity index (χ2v) is 7.66. The number of hydrogen-bond donors (Lipinski definition) is 2. The van der Waals surface area contributed by atoms with Gasteiger partial charge in [0.15, 0.2) is 0 Å². The van der Waals surface area contributed by atoms with Crippen LogP contribution in [0.5, 0.6) is 0 Å². The molecule has 0 spiro atoms. The Morgan fingerprint density at radius 2 is 1.83 bits per heavy atom. The van der Waals surface area contributed by atoms with Gasteiger partial charge in [0.05, 0.1) is 12.0 Å². The van der Waals surface area contributed by atoms with E-state index < -0.39 is 17.1 Å². The Balaban J connectivity index is 1.81. The lowest BCUT2D eigenvalue weighted by Gasteiger charge is -2.50. The third-order valence-electron chi connectivity index (χ3n) is 4.26. The highest BCUT2D eigenvalue weighted by Crippen LogP contribution is 2.26. The minimum atomic E-state index is -0.845. The molecule has 7 nitrogen and oxygen atoms in total. The molecule has 0 unspecified atom stereocenters. The molecule has 1 amide bonds. The summed E-state index contributed by atoms with van der Waals surface area (Å²) in [6, 6.07) is 0. The van der Waals surface area contributed by atoms with E-state index in [0.717, 1.165) is 26.2 Å². The van der Waals surface area contributed by atoms with Gasteiger partial charge >= 0.3 is 12.1 Å². The van der Waals surface area contributed by atoms with Crippen molar-refractivity contribution in [3.63, 3.8) is 0 Å². The first-order valence-corrected chi connectivity index (χ1v) is 8.36. The first-order chi connectivity index (χ1) is 10.7. The van der Waals surface area contributed by atoms with Crippen molar-refractivity contribution in [3.8, 4) is 0 Å². The zero-order chi connectivity index (χ0) is 17.1. The number of aliphatic carboxylic acids is 1. The highest BCUT2D eigenvalue weighted by atomic mass is 16.6. The fourth-order valence-corrected chi connectivity index (χ4v) is 3.20. The van der Waals surface area contributed by atoms with Crippen molar-refractivity contribution in [1.29, 1.82) is 0 Å². The standard InChI is InChI=1S/C16H29N3O4/c1-15(2,3)23-14(22)19-11-16(12-19,10-13(20)21)17-6-9-18-7-4-5-8-18/h17H,4-12H2,1-3H3,(H,20,21). The van der Waals surface area contributed by atoms with Gasteiger partial charge in [-0.2, -0.15) is 0 Å². The smallest absolute Gasteiger partial charge is 0.410 e. The molecule has 0 atom stereocenters. The number of ether oxygens (including phenoxy) is 1. The van der Waals surface area contributed by atoms with Gasteiger partial charge in [-0.25, -0.2) is 4.79 Å². The summed E-state index contributed by atoms with van der Waals surface area (Å²) in [7, 11) is 0. The summed E-state index contributed by atoms with van der Waals surface area (Å²) in [5.74, 6) is -0.845. The summed E-state index contributed by atoms with van der Waals surface area (Å²) >= 11 is 0. The van der Waals surface area contributed by atoms with E-state index in [4.69, 9.17) is 9.84 Å². The van der Waals surface area contributed by atoms with Crippen LogP contribution in [0.1, 0.15) is 40.0 Å². The normalized spacial score (nSPS) is 21.1. The predicted molar refractivity (Wildman–Crippen MR) is 86.5 cm³/mol. The summed E-state index contributed by atoms with van der Waals surface area (Å²) in [5, 5.41) is 12.5. The molecule has 7 heteroatoms. The lowest BCUT2D eigenvalue weighted by Crippen LogP contribution is -2.71. The van der Waals surface area contributed by atoms with Crippen LogP contribution in [-0.4, -0.2) is 77.4 Å². The maximum absolute atomic E-state index is 12.0. The van der Waals surface area contributed by atoms with Crippen molar-refractivity contribution in [1.82, 2.24) is 15.1 Å². The van der Waals surface area contributed by atoms with E-state index in [1.165, 1.54) is 12.8 Å². The Hall–Kier alpha value is -1.34. The van der Waals surface area contributed by atoms with Gasteiger partial charge in [-0.1, -0.05) is 0 Å². The third-order valence-corrected chi connectivity index (χ3v) is 4.26. The largest absolute Gasteiger partial charge is 0.481 e. The number of nitrogens with zero attached hydrogens (tertiary/aromatic N) is 2. The minimum Gasteiger partial charge on any atom is -0.481 e. The van der Waals surface area contributed by atoms with Crippen molar-refractivity contribution < 1.29 is 19.4 Å². The van der Waals surface area contributed by atoms with Crippen molar-refractivity contribution in [2.75, 3.05) is 39.3 Å². The summed E-state index contributed by atoms with van der Waals surface area (Å²) in [5.41, 5.74) is -1.06. The SMILES string of the molecule is CC(C)(C)OC(=O)N1CC(CC(=O)O)(NCCN2CCCC2)C1. The number of carbonyl (C=O) groups excluding carboxylic acids is 1. The Labute approximate surface area is 138 Å². The Morgan fingerprint density at radius 1 is 1.22 bits per heavy atom. The van der Waals surface area contributed by atoms with Gasteiger partial charge in [-0.3, -0.25) is 4.79 Å². The number of carbonyl (C=O) groups is 2. The fraction of sp³-hybridized carbons (Fsp3) is 0.875. The third kappa shape index (κ3) is 5.35. The van der Waals surface area contributed by atoms with Crippen molar-refractivity contribution >= 4 is 12.1 Å². The van der Waals surface area contributed by atoms with E-state index in [1.54, 1.807) is 4.90 Å². The number of amides is 1. The molecule has 0 aliphatic carbocycles. The van der Waals surface area contributed by atoms with Crippen molar-refractivity contribution in [2.45, 2.75) is 51.2 Å². The molecule has 2 N–H and O–H groups in total. The highest BCUT2D eigenvalue weighted by Gasteiger charge is 2.47. The van der Waals surface area contributed by atoms with Crippen LogP contribution < -0.4 is 5.32 Å². The number of nitrogens with one attached hydrogen (secondary N) is 1. The van der Waals surface area contributed by atoms with Crippen LogP contribution in [-0.2, 0) is 9.53 Å². The molecule has 0 saturated carbocycles. The Kier molecular flexibility index (Phi) is 5.52. The number of carboxylic acids is 1. The van der Waals surface area contributed by atoms with Gasteiger partial charge in [-0.15, -0.1) is 0 Å². The Bertz CT molecular complexity index is 435. The molecule has 0 bridgehead atoms. The Morgan fingerprint density at radius 3 is 2.35 bits per heavy atom. The van der Waals surface area contributed by atoms with Gasteiger partial charge in [0.2, 0.25) is 0 Å². The molecule has 132 valence electrons. The fourth-order valence-electron chi connectivity index (χ4n) is 3.20. The predicted octanol–water partition coefficient (Wildman–Crippen LogP) is 1.14. The summed E-state index contributed by atoms with van der Waals surface area (Å²) in [4.78, 5) is 27.1.